The summed E-state index contributed by atoms with van der Waals surface area (Å²) in [5.41, 5.74) is 1.07. The predicted molar refractivity (Wildman–Crippen MR) is 94.7 cm³/mol. The zero-order valence-corrected chi connectivity index (χ0v) is 15.2. The van der Waals surface area contributed by atoms with Crippen molar-refractivity contribution in [1.82, 2.24) is 15.5 Å². The number of ether oxygens (including phenoxy) is 1. The second kappa shape index (κ2) is 7.11. The van der Waals surface area contributed by atoms with Crippen LogP contribution in [0.25, 0.3) is 11.6 Å². The van der Waals surface area contributed by atoms with Gasteiger partial charge in [0, 0.05) is 23.2 Å². The number of halogens is 1. The van der Waals surface area contributed by atoms with Crippen molar-refractivity contribution in [1.29, 1.82) is 0 Å². The fourth-order valence-corrected chi connectivity index (χ4v) is 3.55. The van der Waals surface area contributed by atoms with E-state index < -0.39 is 0 Å². The molecule has 1 saturated heterocycles. The third-order valence-corrected chi connectivity index (χ3v) is 5.00. The second-order valence-electron chi connectivity index (χ2n) is 6.05. The van der Waals surface area contributed by atoms with Crippen molar-refractivity contribution >= 4 is 15.9 Å². The summed E-state index contributed by atoms with van der Waals surface area (Å²) in [4.78, 5) is 4.40. The van der Waals surface area contributed by atoms with Gasteiger partial charge in [-0.05, 0) is 42.7 Å². The molecule has 1 aliphatic rings. The van der Waals surface area contributed by atoms with Crippen molar-refractivity contribution in [2.24, 2.45) is 0 Å². The van der Waals surface area contributed by atoms with Crippen LogP contribution in [0, 0.1) is 0 Å². The summed E-state index contributed by atoms with van der Waals surface area (Å²) in [6.07, 6.45) is 3.37. The van der Waals surface area contributed by atoms with Crippen LogP contribution in [0.2, 0.25) is 0 Å². The molecule has 0 amide bonds. The van der Waals surface area contributed by atoms with E-state index in [1.165, 1.54) is 5.56 Å². The van der Waals surface area contributed by atoms with Crippen molar-refractivity contribution in [2.45, 2.75) is 24.9 Å². The van der Waals surface area contributed by atoms with Gasteiger partial charge < -0.3 is 13.7 Å². The monoisotopic (exact) mass is 403 g/mol. The first-order chi connectivity index (χ1) is 12.3. The molecule has 25 heavy (non-hydrogen) atoms. The maximum atomic E-state index is 5.57. The number of rotatable bonds is 5. The third-order valence-electron chi connectivity index (χ3n) is 4.51. The highest BCUT2D eigenvalue weighted by Gasteiger charge is 2.34. The first-order valence-corrected chi connectivity index (χ1v) is 9.00. The predicted octanol–water partition coefficient (Wildman–Crippen LogP) is 3.89. The van der Waals surface area contributed by atoms with Gasteiger partial charge in [0.2, 0.25) is 11.7 Å². The molecule has 1 aliphatic heterocycles. The van der Waals surface area contributed by atoms with Gasteiger partial charge in [0.1, 0.15) is 0 Å². The minimum atomic E-state index is -0.165. The lowest BCUT2D eigenvalue weighted by Gasteiger charge is -2.38. The molecular formula is C18H18BrN3O3. The van der Waals surface area contributed by atoms with Crippen LogP contribution in [-0.4, -0.2) is 23.4 Å². The first-order valence-electron chi connectivity index (χ1n) is 8.20. The highest BCUT2D eigenvalue weighted by Crippen LogP contribution is 2.34. The van der Waals surface area contributed by atoms with Gasteiger partial charge >= 0.3 is 0 Å². The van der Waals surface area contributed by atoms with Gasteiger partial charge in [-0.2, -0.15) is 4.98 Å². The lowest BCUT2D eigenvalue weighted by molar-refractivity contribution is 0.0346. The van der Waals surface area contributed by atoms with E-state index in [1.807, 2.05) is 12.1 Å². The van der Waals surface area contributed by atoms with E-state index >= 15 is 0 Å². The highest BCUT2D eigenvalue weighted by atomic mass is 79.9. The van der Waals surface area contributed by atoms with E-state index in [0.29, 0.717) is 24.0 Å². The standard InChI is InChI=1S/C18H18BrN3O3/c19-14-4-1-3-13(11-14)18(6-9-23-10-7-18)20-12-16-21-17(22-25-16)15-5-2-8-24-15/h1-5,8,11,20H,6-7,9-10,12H2. The van der Waals surface area contributed by atoms with E-state index in [-0.39, 0.29) is 5.54 Å². The molecule has 0 atom stereocenters. The van der Waals surface area contributed by atoms with Gasteiger partial charge in [-0.3, -0.25) is 5.32 Å². The van der Waals surface area contributed by atoms with E-state index in [0.717, 1.165) is 30.5 Å². The van der Waals surface area contributed by atoms with E-state index in [9.17, 15) is 0 Å². The average Bonchev–Trinajstić information content (AvgIpc) is 3.32. The molecular weight excluding hydrogens is 386 g/mol. The van der Waals surface area contributed by atoms with Gasteiger partial charge in [0.25, 0.3) is 0 Å². The van der Waals surface area contributed by atoms with Gasteiger partial charge in [-0.1, -0.05) is 33.2 Å². The largest absolute Gasteiger partial charge is 0.461 e. The summed E-state index contributed by atoms with van der Waals surface area (Å²) in [5, 5.41) is 7.61. The molecule has 3 heterocycles. The molecule has 1 fully saturated rings. The minimum Gasteiger partial charge on any atom is -0.461 e. The number of hydrogen-bond acceptors (Lipinski definition) is 6. The summed E-state index contributed by atoms with van der Waals surface area (Å²) in [5.74, 6) is 1.60. The molecule has 130 valence electrons. The summed E-state index contributed by atoms with van der Waals surface area (Å²) in [7, 11) is 0. The zero-order valence-electron chi connectivity index (χ0n) is 13.6. The Labute approximate surface area is 153 Å². The van der Waals surface area contributed by atoms with Crippen LogP contribution in [0.3, 0.4) is 0 Å². The minimum absolute atomic E-state index is 0.165. The molecule has 0 aliphatic carbocycles. The normalized spacial score (nSPS) is 16.8. The zero-order chi connectivity index (χ0) is 17.1. The van der Waals surface area contributed by atoms with Crippen molar-refractivity contribution in [3.63, 3.8) is 0 Å². The molecule has 0 unspecified atom stereocenters. The van der Waals surface area contributed by atoms with Crippen molar-refractivity contribution < 1.29 is 13.7 Å². The number of nitrogens with one attached hydrogen (secondary N) is 1. The average molecular weight is 404 g/mol. The molecule has 7 heteroatoms. The topological polar surface area (TPSA) is 73.3 Å². The number of nitrogens with zero attached hydrogens (tertiary/aromatic N) is 2. The van der Waals surface area contributed by atoms with Crippen LogP contribution in [0.15, 0.2) is 56.1 Å². The fraction of sp³-hybridized carbons (Fsp3) is 0.333. The number of benzene rings is 1. The lowest BCUT2D eigenvalue weighted by Crippen LogP contribution is -2.46. The summed E-state index contributed by atoms with van der Waals surface area (Å²) in [6, 6.07) is 12.0. The first kappa shape index (κ1) is 16.5. The van der Waals surface area contributed by atoms with Crippen molar-refractivity contribution in [3.8, 4) is 11.6 Å². The van der Waals surface area contributed by atoms with Crippen molar-refractivity contribution in [3.05, 3.63) is 58.6 Å². The van der Waals surface area contributed by atoms with Gasteiger partial charge in [-0.25, -0.2) is 0 Å². The van der Waals surface area contributed by atoms with Crippen LogP contribution in [0.1, 0.15) is 24.3 Å². The molecule has 0 bridgehead atoms. The van der Waals surface area contributed by atoms with Crippen LogP contribution < -0.4 is 5.32 Å². The maximum absolute atomic E-state index is 5.57. The Morgan fingerprint density at radius 3 is 2.80 bits per heavy atom. The lowest BCUT2D eigenvalue weighted by atomic mass is 9.82. The molecule has 1 N–H and O–H groups in total. The SMILES string of the molecule is Brc1cccc(C2(NCc3nc(-c4ccco4)no3)CCOCC2)c1. The van der Waals surface area contributed by atoms with Crippen LogP contribution in [-0.2, 0) is 16.8 Å². The Morgan fingerprint density at radius 1 is 1.16 bits per heavy atom. The Balaban J connectivity index is 1.54. The summed E-state index contributed by atoms with van der Waals surface area (Å²) in [6.45, 7) is 1.93. The molecule has 6 nitrogen and oxygen atoms in total. The molecule has 2 aromatic heterocycles. The Morgan fingerprint density at radius 2 is 2.04 bits per heavy atom. The van der Waals surface area contributed by atoms with E-state index in [2.05, 4.69) is 49.6 Å². The molecule has 1 aromatic carbocycles. The number of hydrogen-bond donors (Lipinski definition) is 1. The fourth-order valence-electron chi connectivity index (χ4n) is 3.15. The van der Waals surface area contributed by atoms with Crippen LogP contribution >= 0.6 is 15.9 Å². The van der Waals surface area contributed by atoms with Crippen LogP contribution in [0.4, 0.5) is 0 Å². The highest BCUT2D eigenvalue weighted by molar-refractivity contribution is 9.10. The quantitative estimate of drug-likeness (QED) is 0.696. The van der Waals surface area contributed by atoms with E-state index in [4.69, 9.17) is 13.7 Å². The van der Waals surface area contributed by atoms with E-state index in [1.54, 1.807) is 12.3 Å². The molecule has 0 spiro atoms. The Kier molecular flexibility index (Phi) is 4.70. The Hall–Kier alpha value is -1.96. The molecule has 0 saturated carbocycles. The molecule has 3 aromatic rings. The number of aromatic nitrogens is 2. The second-order valence-corrected chi connectivity index (χ2v) is 6.96. The van der Waals surface area contributed by atoms with Gasteiger partial charge in [0.05, 0.1) is 12.8 Å². The smallest absolute Gasteiger partial charge is 0.241 e. The molecule has 4 rings (SSSR count). The van der Waals surface area contributed by atoms with Crippen molar-refractivity contribution in [2.75, 3.05) is 13.2 Å². The third kappa shape index (κ3) is 3.53. The number of furan rings is 1. The maximum Gasteiger partial charge on any atom is 0.241 e. The van der Waals surface area contributed by atoms with Gasteiger partial charge in [-0.15, -0.1) is 0 Å². The molecule has 0 radical (unpaired) electrons. The van der Waals surface area contributed by atoms with Crippen LogP contribution in [0.5, 0.6) is 0 Å². The summed E-state index contributed by atoms with van der Waals surface area (Å²) >= 11 is 3.56. The summed E-state index contributed by atoms with van der Waals surface area (Å²) < 4.78 is 17.3. The van der Waals surface area contributed by atoms with Gasteiger partial charge in [0.15, 0.2) is 5.76 Å². The Bertz CT molecular complexity index is 826.